The van der Waals surface area contributed by atoms with Crippen LogP contribution >= 0.6 is 0 Å². The second-order valence-corrected chi connectivity index (χ2v) is 11.0. The molecule has 0 amide bonds. The van der Waals surface area contributed by atoms with Gasteiger partial charge in [0.2, 0.25) is 0 Å². The van der Waals surface area contributed by atoms with E-state index < -0.39 is 20.7 Å². The van der Waals surface area contributed by atoms with Gasteiger partial charge in [-0.3, -0.25) is 0 Å². The number of sulfonamides is 1. The summed E-state index contributed by atoms with van der Waals surface area (Å²) in [6.07, 6.45) is 0. The van der Waals surface area contributed by atoms with Gasteiger partial charge in [-0.1, -0.05) is 59.7 Å². The lowest BCUT2D eigenvalue weighted by molar-refractivity contribution is 0.449. The third-order valence-electron chi connectivity index (χ3n) is 3.61. The van der Waals surface area contributed by atoms with Crippen molar-refractivity contribution in [2.24, 2.45) is 14.6 Å². The third kappa shape index (κ3) is 4.21. The molecule has 3 nitrogen and oxygen atoms in total. The quantitative estimate of drug-likeness (QED) is 0.748. The number of nitrogens with zero attached hydrogens (tertiary/aromatic N) is 1. The molecular weight excluding hydrogens is 326 g/mol. The maximum absolute atomic E-state index is 12.5. The molecule has 5 heteroatoms. The molecule has 126 valence electrons. The molecule has 0 radical (unpaired) electrons. The minimum Gasteiger partial charge on any atom is -0.199 e. The maximum Gasteiger partial charge on any atom is 0.288 e. The first-order valence-electron chi connectivity index (χ1n) is 7.61. The lowest BCUT2D eigenvalue weighted by Crippen LogP contribution is -2.18. The molecule has 23 heavy (non-hydrogen) atoms. The van der Waals surface area contributed by atoms with E-state index in [0.717, 1.165) is 0 Å². The first-order valence-corrected chi connectivity index (χ1v) is 10.4. The molecule has 0 fully saturated rings. The Balaban J connectivity index is 2.53. The standard InChI is InChI=1S/C18H25NO2S2/c1-17(2,3)15-12-22(13-16(15)18(4,5)6)19-23(20,21)14-10-8-7-9-11-14/h7-13H,1-6H3. The van der Waals surface area contributed by atoms with E-state index >= 15 is 0 Å². The van der Waals surface area contributed by atoms with Gasteiger partial charge in [-0.05, 0) is 55.6 Å². The Bertz CT molecular complexity index is 756. The van der Waals surface area contributed by atoms with Crippen LogP contribution in [0.25, 0.3) is 0 Å². The minimum atomic E-state index is -3.63. The molecule has 0 unspecified atom stereocenters. The molecule has 1 aliphatic heterocycles. The van der Waals surface area contributed by atoms with Crippen LogP contribution in [0.4, 0.5) is 0 Å². The van der Waals surface area contributed by atoms with Crippen molar-refractivity contribution in [1.29, 1.82) is 0 Å². The second-order valence-electron chi connectivity index (χ2n) is 7.77. The van der Waals surface area contributed by atoms with Gasteiger partial charge in [0.1, 0.15) is 0 Å². The van der Waals surface area contributed by atoms with Crippen LogP contribution in [0.2, 0.25) is 0 Å². The van der Waals surface area contributed by atoms with Crippen LogP contribution in [-0.2, 0) is 20.7 Å². The normalized spacial score (nSPS) is 17.0. The molecule has 0 saturated carbocycles. The van der Waals surface area contributed by atoms with E-state index in [0.29, 0.717) is 0 Å². The average molecular weight is 352 g/mol. The van der Waals surface area contributed by atoms with Gasteiger partial charge in [-0.2, -0.15) is 8.42 Å². The van der Waals surface area contributed by atoms with Gasteiger partial charge >= 0.3 is 0 Å². The highest BCUT2D eigenvalue weighted by atomic mass is 32.3. The predicted molar refractivity (Wildman–Crippen MR) is 98.5 cm³/mol. The zero-order valence-electron chi connectivity index (χ0n) is 14.6. The minimum absolute atomic E-state index is 0.0348. The van der Waals surface area contributed by atoms with Gasteiger partial charge in [0.15, 0.2) is 0 Å². The van der Waals surface area contributed by atoms with Crippen molar-refractivity contribution in [2.45, 2.75) is 46.4 Å². The van der Waals surface area contributed by atoms with Crippen molar-refractivity contribution in [1.82, 2.24) is 0 Å². The highest BCUT2D eigenvalue weighted by Gasteiger charge is 2.32. The summed E-state index contributed by atoms with van der Waals surface area (Å²) in [5.41, 5.74) is 2.32. The molecule has 1 aromatic carbocycles. The van der Waals surface area contributed by atoms with Crippen LogP contribution in [0.5, 0.6) is 0 Å². The summed E-state index contributed by atoms with van der Waals surface area (Å²) in [4.78, 5) is 0.246. The second kappa shape index (κ2) is 6.02. The summed E-state index contributed by atoms with van der Waals surface area (Å²) in [5.74, 6) is 0. The zero-order valence-corrected chi connectivity index (χ0v) is 16.3. The van der Waals surface area contributed by atoms with Crippen LogP contribution in [-0.4, -0.2) is 8.42 Å². The molecule has 1 aromatic rings. The molecule has 0 bridgehead atoms. The predicted octanol–water partition coefficient (Wildman–Crippen LogP) is 5.05. The smallest absolute Gasteiger partial charge is 0.199 e. The first kappa shape index (κ1) is 18.1. The Morgan fingerprint density at radius 1 is 0.826 bits per heavy atom. The van der Waals surface area contributed by atoms with Crippen molar-refractivity contribution >= 4 is 20.7 Å². The monoisotopic (exact) mass is 351 g/mol. The molecule has 0 N–H and O–H groups in total. The largest absolute Gasteiger partial charge is 0.288 e. The summed E-state index contributed by atoms with van der Waals surface area (Å²) < 4.78 is 29.1. The van der Waals surface area contributed by atoms with Crippen molar-refractivity contribution < 1.29 is 8.42 Å². The van der Waals surface area contributed by atoms with E-state index in [1.807, 2.05) is 10.8 Å². The summed E-state index contributed by atoms with van der Waals surface area (Å²) in [5, 5.41) is 4.03. The Hall–Kier alpha value is -1.20. The van der Waals surface area contributed by atoms with E-state index in [2.05, 4.69) is 45.3 Å². The maximum atomic E-state index is 12.5. The Morgan fingerprint density at radius 2 is 1.26 bits per heavy atom. The van der Waals surface area contributed by atoms with E-state index in [9.17, 15) is 8.42 Å². The lowest BCUT2D eigenvalue weighted by atomic mass is 9.74. The lowest BCUT2D eigenvalue weighted by Gasteiger charge is -2.30. The van der Waals surface area contributed by atoms with E-state index in [1.54, 1.807) is 30.3 Å². The zero-order chi connectivity index (χ0) is 17.5. The van der Waals surface area contributed by atoms with Gasteiger partial charge < -0.3 is 0 Å². The SMILES string of the molecule is CC(C)(C)C1=CS(=NS(=O)(=O)c2ccccc2)C=C1C(C)(C)C. The van der Waals surface area contributed by atoms with E-state index in [1.165, 1.54) is 11.1 Å². The van der Waals surface area contributed by atoms with Crippen LogP contribution in [0.15, 0.2) is 61.0 Å². The number of hydrogen-bond donors (Lipinski definition) is 0. The summed E-state index contributed by atoms with van der Waals surface area (Å²) >= 11 is 0. The van der Waals surface area contributed by atoms with E-state index in [4.69, 9.17) is 0 Å². The van der Waals surface area contributed by atoms with Crippen molar-refractivity contribution in [3.8, 4) is 0 Å². The molecule has 2 rings (SSSR count). The fraction of sp³-hybridized carbons (Fsp3) is 0.444. The van der Waals surface area contributed by atoms with Gasteiger partial charge in [-0.15, -0.1) is 3.77 Å². The molecule has 0 aliphatic carbocycles. The third-order valence-corrected chi connectivity index (χ3v) is 6.90. The highest BCUT2D eigenvalue weighted by molar-refractivity contribution is 8.03. The van der Waals surface area contributed by atoms with Crippen molar-refractivity contribution in [2.75, 3.05) is 0 Å². The number of allylic oxidation sites excluding steroid dienone is 2. The molecule has 0 spiro atoms. The Kier molecular flexibility index (Phi) is 4.75. The Morgan fingerprint density at radius 3 is 1.65 bits per heavy atom. The fourth-order valence-electron chi connectivity index (χ4n) is 2.36. The van der Waals surface area contributed by atoms with Crippen LogP contribution in [0.3, 0.4) is 0 Å². The summed E-state index contributed by atoms with van der Waals surface area (Å²) in [6, 6.07) is 8.40. The number of benzene rings is 1. The molecule has 1 aliphatic rings. The van der Waals surface area contributed by atoms with Crippen molar-refractivity contribution in [3.63, 3.8) is 0 Å². The van der Waals surface area contributed by atoms with Crippen LogP contribution in [0.1, 0.15) is 41.5 Å². The average Bonchev–Trinajstić information content (AvgIpc) is 2.83. The molecule has 1 heterocycles. The molecule has 0 atom stereocenters. The molecular formula is C18H25NO2S2. The van der Waals surface area contributed by atoms with Gasteiger partial charge in [-0.25, -0.2) is 0 Å². The van der Waals surface area contributed by atoms with E-state index in [-0.39, 0.29) is 15.7 Å². The number of rotatable bonds is 2. The topological polar surface area (TPSA) is 46.5 Å². The Labute approximate surface area is 142 Å². The molecule has 0 aromatic heterocycles. The summed E-state index contributed by atoms with van der Waals surface area (Å²) in [7, 11) is -4.37. The van der Waals surface area contributed by atoms with Crippen LogP contribution < -0.4 is 0 Å². The fourth-order valence-corrected chi connectivity index (χ4v) is 5.96. The number of hydrogen-bond acceptors (Lipinski definition) is 2. The van der Waals surface area contributed by atoms with Gasteiger partial charge in [0.25, 0.3) is 10.0 Å². The first-order chi connectivity index (χ1) is 10.4. The van der Waals surface area contributed by atoms with Crippen LogP contribution in [0, 0.1) is 10.8 Å². The highest BCUT2D eigenvalue weighted by Crippen LogP contribution is 2.44. The van der Waals surface area contributed by atoms with Gasteiger partial charge in [0.05, 0.1) is 4.90 Å². The molecule has 0 saturated heterocycles. The summed E-state index contributed by atoms with van der Waals surface area (Å²) in [6.45, 7) is 12.9. The van der Waals surface area contributed by atoms with Gasteiger partial charge in [0, 0.05) is 0 Å². The van der Waals surface area contributed by atoms with Crippen molar-refractivity contribution in [3.05, 3.63) is 52.3 Å².